The van der Waals surface area contributed by atoms with Crippen molar-refractivity contribution in [3.8, 4) is 6.07 Å². The van der Waals surface area contributed by atoms with Gasteiger partial charge in [-0.3, -0.25) is 0 Å². The summed E-state index contributed by atoms with van der Waals surface area (Å²) >= 11 is 0. The molecule has 0 radical (unpaired) electrons. The second-order valence-corrected chi connectivity index (χ2v) is 2.99. The molecule has 0 aliphatic heterocycles. The summed E-state index contributed by atoms with van der Waals surface area (Å²) < 4.78 is 62.4. The molecule has 0 unspecified atom stereocenters. The number of hydrogen-bond donors (Lipinski definition) is 1. The predicted molar refractivity (Wildman–Crippen MR) is 44.8 cm³/mol. The van der Waals surface area contributed by atoms with Crippen molar-refractivity contribution >= 4 is 0 Å². The molecule has 0 atom stereocenters. The first kappa shape index (κ1) is 13.3. The second-order valence-electron chi connectivity index (χ2n) is 2.99. The average molecular weight is 252 g/mol. The lowest BCUT2D eigenvalue weighted by Crippen LogP contribution is -2.15. The van der Waals surface area contributed by atoms with E-state index in [0.717, 1.165) is 0 Å². The normalized spacial score (nSPS) is 11.6. The Hall–Kier alpha value is -1.75. The summed E-state index contributed by atoms with van der Waals surface area (Å²) in [4.78, 5) is 2.99. The topological polar surface area (TPSA) is 56.9 Å². The number of hydrogen-bond acceptors (Lipinski definition) is 3. The molecule has 1 N–H and O–H groups in total. The molecule has 1 aromatic heterocycles. The summed E-state index contributed by atoms with van der Waals surface area (Å²) in [6.45, 7) is -0.827. The highest BCUT2D eigenvalue weighted by atomic mass is 19.4. The molecular formula is C9H5F5N2O. The lowest BCUT2D eigenvalue weighted by atomic mass is 10.1. The zero-order valence-corrected chi connectivity index (χ0v) is 8.09. The number of pyridine rings is 1. The number of aliphatic hydroxyl groups excluding tert-OH is 1. The van der Waals surface area contributed by atoms with Crippen LogP contribution in [-0.2, 0) is 12.8 Å². The first-order valence-electron chi connectivity index (χ1n) is 4.21. The van der Waals surface area contributed by atoms with Crippen LogP contribution in [0.5, 0.6) is 0 Å². The van der Waals surface area contributed by atoms with Crippen LogP contribution in [0.25, 0.3) is 0 Å². The fourth-order valence-electron chi connectivity index (χ4n) is 1.24. The average Bonchev–Trinajstić information content (AvgIpc) is 2.25. The quantitative estimate of drug-likeness (QED) is 0.822. The Kier molecular flexibility index (Phi) is 3.63. The monoisotopic (exact) mass is 252 g/mol. The fraction of sp³-hybridized carbons (Fsp3) is 0.333. The Bertz CT molecular complexity index is 464. The van der Waals surface area contributed by atoms with E-state index < -0.39 is 41.7 Å². The van der Waals surface area contributed by atoms with Crippen LogP contribution in [0.3, 0.4) is 0 Å². The van der Waals surface area contributed by atoms with E-state index in [1.165, 1.54) is 6.07 Å². The molecule has 0 spiro atoms. The highest BCUT2D eigenvalue weighted by Gasteiger charge is 2.40. The van der Waals surface area contributed by atoms with Crippen molar-refractivity contribution in [2.75, 3.05) is 0 Å². The summed E-state index contributed by atoms with van der Waals surface area (Å²) in [5.41, 5.74) is -4.69. The summed E-state index contributed by atoms with van der Waals surface area (Å²) in [5.74, 6) is 0. The lowest BCUT2D eigenvalue weighted by Gasteiger charge is -2.14. The van der Waals surface area contributed by atoms with Crippen molar-refractivity contribution in [3.63, 3.8) is 0 Å². The molecule has 0 amide bonds. The van der Waals surface area contributed by atoms with Gasteiger partial charge in [-0.25, -0.2) is 13.8 Å². The van der Waals surface area contributed by atoms with Gasteiger partial charge in [-0.2, -0.15) is 18.4 Å². The molecule has 3 nitrogen and oxygen atoms in total. The molecule has 1 rings (SSSR count). The van der Waals surface area contributed by atoms with E-state index >= 15 is 0 Å². The maximum Gasteiger partial charge on any atom is 0.419 e. The fourth-order valence-corrected chi connectivity index (χ4v) is 1.24. The smallest absolute Gasteiger partial charge is 0.390 e. The number of nitriles is 1. The summed E-state index contributed by atoms with van der Waals surface area (Å²) in [6, 6.07) is 1.80. The number of nitrogens with zero attached hydrogens (tertiary/aromatic N) is 2. The molecular weight excluding hydrogens is 247 g/mol. The molecule has 1 heterocycles. The Morgan fingerprint density at radius 3 is 2.35 bits per heavy atom. The van der Waals surface area contributed by atoms with Gasteiger partial charge in [0.1, 0.15) is 11.3 Å². The molecule has 17 heavy (non-hydrogen) atoms. The minimum absolute atomic E-state index is 0.412. The van der Waals surface area contributed by atoms with Gasteiger partial charge in [0.2, 0.25) is 0 Å². The van der Waals surface area contributed by atoms with Gasteiger partial charge in [-0.15, -0.1) is 0 Å². The maximum absolute atomic E-state index is 12.5. The van der Waals surface area contributed by atoms with Gasteiger partial charge >= 0.3 is 6.18 Å². The highest BCUT2D eigenvalue weighted by molar-refractivity contribution is 5.43. The van der Waals surface area contributed by atoms with E-state index in [2.05, 4.69) is 4.98 Å². The molecule has 0 aromatic carbocycles. The van der Waals surface area contributed by atoms with Gasteiger partial charge in [-0.1, -0.05) is 0 Å². The third-order valence-corrected chi connectivity index (χ3v) is 1.87. The molecule has 8 heteroatoms. The number of halogens is 5. The minimum atomic E-state index is -5.10. The van der Waals surface area contributed by atoms with Crippen molar-refractivity contribution in [2.45, 2.75) is 19.2 Å². The SMILES string of the molecule is N#Cc1cc(CO)nc(C(F)F)c1C(F)(F)F. The number of aromatic nitrogens is 1. The van der Waals surface area contributed by atoms with Crippen LogP contribution in [0.4, 0.5) is 22.0 Å². The third kappa shape index (κ3) is 2.68. The van der Waals surface area contributed by atoms with Crippen LogP contribution in [0.1, 0.15) is 28.9 Å². The Balaban J connectivity index is 3.60. The first-order chi connectivity index (χ1) is 7.81. The van der Waals surface area contributed by atoms with E-state index in [1.54, 1.807) is 0 Å². The van der Waals surface area contributed by atoms with Gasteiger partial charge in [0.15, 0.2) is 0 Å². The van der Waals surface area contributed by atoms with Gasteiger partial charge in [0, 0.05) is 0 Å². The van der Waals surface area contributed by atoms with Crippen LogP contribution in [0.2, 0.25) is 0 Å². The van der Waals surface area contributed by atoms with E-state index in [-0.39, 0.29) is 0 Å². The van der Waals surface area contributed by atoms with E-state index in [0.29, 0.717) is 6.07 Å². The number of rotatable bonds is 2. The zero-order valence-electron chi connectivity index (χ0n) is 8.09. The maximum atomic E-state index is 12.5. The van der Waals surface area contributed by atoms with Crippen LogP contribution >= 0.6 is 0 Å². The summed E-state index contributed by atoms with van der Waals surface area (Å²) in [5, 5.41) is 17.2. The standard InChI is InChI=1S/C9H5F5N2O/c10-8(11)7-6(9(12,13)14)4(2-15)1-5(3-17)16-7/h1,8,17H,3H2. The minimum Gasteiger partial charge on any atom is -0.390 e. The van der Waals surface area contributed by atoms with Crippen LogP contribution in [0, 0.1) is 11.3 Å². The van der Waals surface area contributed by atoms with Crippen molar-refractivity contribution in [1.29, 1.82) is 5.26 Å². The molecule has 0 saturated heterocycles. The van der Waals surface area contributed by atoms with Crippen molar-refractivity contribution in [1.82, 2.24) is 4.98 Å². The zero-order chi connectivity index (χ0) is 13.2. The van der Waals surface area contributed by atoms with Gasteiger partial charge in [0.05, 0.1) is 23.9 Å². The molecule has 92 valence electrons. The van der Waals surface area contributed by atoms with Crippen molar-refractivity contribution in [3.05, 3.63) is 28.6 Å². The molecule has 0 aliphatic carbocycles. The summed E-state index contributed by atoms with van der Waals surface area (Å²) in [6.07, 6.45) is -8.58. The lowest BCUT2D eigenvalue weighted by molar-refractivity contribution is -0.140. The Labute approximate surface area is 92.1 Å². The molecule has 0 saturated carbocycles. The van der Waals surface area contributed by atoms with Crippen LogP contribution < -0.4 is 0 Å². The Morgan fingerprint density at radius 2 is 2.00 bits per heavy atom. The first-order valence-corrected chi connectivity index (χ1v) is 4.21. The van der Waals surface area contributed by atoms with Crippen LogP contribution in [-0.4, -0.2) is 10.1 Å². The van der Waals surface area contributed by atoms with E-state index in [1.807, 2.05) is 0 Å². The number of alkyl halides is 5. The Morgan fingerprint density at radius 1 is 1.41 bits per heavy atom. The van der Waals surface area contributed by atoms with E-state index in [4.69, 9.17) is 10.4 Å². The van der Waals surface area contributed by atoms with Gasteiger partial charge in [0.25, 0.3) is 6.43 Å². The van der Waals surface area contributed by atoms with Crippen molar-refractivity contribution in [2.24, 2.45) is 0 Å². The molecule has 1 aromatic rings. The van der Waals surface area contributed by atoms with E-state index in [9.17, 15) is 22.0 Å². The predicted octanol–water partition coefficient (Wildman–Crippen LogP) is 2.40. The highest BCUT2D eigenvalue weighted by Crippen LogP contribution is 2.37. The molecule has 0 fully saturated rings. The van der Waals surface area contributed by atoms with Gasteiger partial charge < -0.3 is 5.11 Å². The third-order valence-electron chi connectivity index (χ3n) is 1.87. The van der Waals surface area contributed by atoms with Crippen molar-refractivity contribution < 1.29 is 27.1 Å². The van der Waals surface area contributed by atoms with Crippen LogP contribution in [0.15, 0.2) is 6.07 Å². The number of aliphatic hydroxyl groups is 1. The summed E-state index contributed by atoms with van der Waals surface area (Å²) in [7, 11) is 0. The molecule has 0 aliphatic rings. The van der Waals surface area contributed by atoms with Gasteiger partial charge in [-0.05, 0) is 6.07 Å². The second kappa shape index (κ2) is 4.63. The molecule has 0 bridgehead atoms. The largest absolute Gasteiger partial charge is 0.419 e.